The summed E-state index contributed by atoms with van der Waals surface area (Å²) in [5.74, 6) is 0.225. The van der Waals surface area contributed by atoms with Crippen LogP contribution in [0, 0.1) is 5.92 Å². The molecule has 4 nitrogen and oxygen atoms in total. The summed E-state index contributed by atoms with van der Waals surface area (Å²) in [7, 11) is 2.16. The van der Waals surface area contributed by atoms with Crippen molar-refractivity contribution in [1.29, 1.82) is 0 Å². The van der Waals surface area contributed by atoms with E-state index in [0.717, 1.165) is 31.7 Å². The predicted molar refractivity (Wildman–Crippen MR) is 80.9 cm³/mol. The van der Waals surface area contributed by atoms with Crippen molar-refractivity contribution in [3.63, 3.8) is 0 Å². The van der Waals surface area contributed by atoms with Crippen LogP contribution in [0.4, 0.5) is 0 Å². The van der Waals surface area contributed by atoms with Gasteiger partial charge in [-0.15, -0.1) is 0 Å². The molecule has 2 fully saturated rings. The summed E-state index contributed by atoms with van der Waals surface area (Å²) in [4.78, 5) is 13.6. The maximum absolute atomic E-state index is 11.3. The summed E-state index contributed by atoms with van der Waals surface area (Å²) in [6.07, 6.45) is 9.55. The SMILES string of the molecule is CCC1CCC(N(C)CCC(NC2CC2)C(=O)O)CC1. The molecule has 2 N–H and O–H groups in total. The fourth-order valence-electron chi connectivity index (χ4n) is 3.32. The second-order valence-electron chi connectivity index (χ2n) is 6.68. The van der Waals surface area contributed by atoms with Crippen molar-refractivity contribution in [2.75, 3.05) is 13.6 Å². The van der Waals surface area contributed by atoms with Crippen LogP contribution in [-0.4, -0.2) is 47.7 Å². The molecule has 2 rings (SSSR count). The summed E-state index contributed by atoms with van der Waals surface area (Å²) < 4.78 is 0. The molecule has 0 bridgehead atoms. The third kappa shape index (κ3) is 4.74. The molecule has 2 aliphatic carbocycles. The number of nitrogens with one attached hydrogen (secondary N) is 1. The molecule has 1 atom stereocenters. The van der Waals surface area contributed by atoms with E-state index in [1.807, 2.05) is 0 Å². The Kier molecular flexibility index (Phi) is 5.85. The predicted octanol–water partition coefficient (Wildman–Crippen LogP) is 2.48. The Hall–Kier alpha value is -0.610. The van der Waals surface area contributed by atoms with E-state index in [1.165, 1.54) is 32.1 Å². The van der Waals surface area contributed by atoms with E-state index in [-0.39, 0.29) is 6.04 Å². The number of nitrogens with zero attached hydrogens (tertiary/aromatic N) is 1. The van der Waals surface area contributed by atoms with Crippen molar-refractivity contribution in [3.05, 3.63) is 0 Å². The lowest BCUT2D eigenvalue weighted by Crippen LogP contribution is -2.43. The zero-order valence-electron chi connectivity index (χ0n) is 13.0. The van der Waals surface area contributed by atoms with Gasteiger partial charge in [0, 0.05) is 18.6 Å². The smallest absolute Gasteiger partial charge is 0.320 e. The molecule has 2 aliphatic rings. The van der Waals surface area contributed by atoms with E-state index < -0.39 is 5.97 Å². The van der Waals surface area contributed by atoms with Gasteiger partial charge in [0.2, 0.25) is 0 Å². The molecule has 4 heteroatoms. The molecule has 0 spiro atoms. The second-order valence-corrected chi connectivity index (χ2v) is 6.68. The topological polar surface area (TPSA) is 52.6 Å². The first-order valence-electron chi connectivity index (χ1n) is 8.29. The fraction of sp³-hybridized carbons (Fsp3) is 0.938. The van der Waals surface area contributed by atoms with Gasteiger partial charge in [0.1, 0.15) is 6.04 Å². The van der Waals surface area contributed by atoms with Crippen molar-refractivity contribution in [2.24, 2.45) is 5.92 Å². The molecule has 0 amide bonds. The minimum absolute atomic E-state index is 0.364. The van der Waals surface area contributed by atoms with Crippen LogP contribution >= 0.6 is 0 Å². The van der Waals surface area contributed by atoms with Gasteiger partial charge in [-0.05, 0) is 57.9 Å². The van der Waals surface area contributed by atoms with Gasteiger partial charge in [0.25, 0.3) is 0 Å². The van der Waals surface area contributed by atoms with Crippen molar-refractivity contribution in [3.8, 4) is 0 Å². The molecule has 20 heavy (non-hydrogen) atoms. The van der Waals surface area contributed by atoms with E-state index in [0.29, 0.717) is 12.1 Å². The van der Waals surface area contributed by atoms with Crippen LogP contribution in [0.2, 0.25) is 0 Å². The molecular weight excluding hydrogens is 252 g/mol. The molecular formula is C16H30N2O2. The van der Waals surface area contributed by atoms with E-state index >= 15 is 0 Å². The summed E-state index contributed by atoms with van der Waals surface area (Å²) in [5, 5.41) is 12.5. The summed E-state index contributed by atoms with van der Waals surface area (Å²) in [6, 6.07) is 0.756. The van der Waals surface area contributed by atoms with Crippen LogP contribution in [0.15, 0.2) is 0 Å². The lowest BCUT2D eigenvalue weighted by atomic mass is 9.84. The van der Waals surface area contributed by atoms with E-state index in [9.17, 15) is 9.90 Å². The summed E-state index contributed by atoms with van der Waals surface area (Å²) in [6.45, 7) is 3.17. The Morgan fingerprint density at radius 3 is 2.40 bits per heavy atom. The van der Waals surface area contributed by atoms with Crippen LogP contribution in [0.5, 0.6) is 0 Å². The summed E-state index contributed by atoms with van der Waals surface area (Å²) in [5.41, 5.74) is 0. The maximum atomic E-state index is 11.3. The number of hydrogen-bond donors (Lipinski definition) is 2. The van der Waals surface area contributed by atoms with Gasteiger partial charge in [-0.25, -0.2) is 0 Å². The maximum Gasteiger partial charge on any atom is 0.320 e. The van der Waals surface area contributed by atoms with Gasteiger partial charge in [-0.2, -0.15) is 0 Å². The number of carboxylic acid groups (broad SMARTS) is 1. The average Bonchev–Trinajstić information content (AvgIpc) is 3.27. The number of carboxylic acids is 1. The number of aliphatic carboxylic acids is 1. The first kappa shape index (κ1) is 15.8. The Balaban J connectivity index is 1.70. The van der Waals surface area contributed by atoms with E-state index in [1.54, 1.807) is 0 Å². The van der Waals surface area contributed by atoms with Crippen molar-refractivity contribution < 1.29 is 9.90 Å². The van der Waals surface area contributed by atoms with Crippen LogP contribution in [0.3, 0.4) is 0 Å². The Morgan fingerprint density at radius 2 is 1.90 bits per heavy atom. The number of carbonyl (C=O) groups is 1. The van der Waals surface area contributed by atoms with Gasteiger partial charge in [-0.1, -0.05) is 13.3 Å². The first-order chi connectivity index (χ1) is 9.60. The monoisotopic (exact) mass is 282 g/mol. The molecule has 0 radical (unpaired) electrons. The largest absolute Gasteiger partial charge is 0.480 e. The molecule has 0 heterocycles. The third-order valence-corrected chi connectivity index (χ3v) is 5.10. The van der Waals surface area contributed by atoms with Crippen molar-refractivity contribution in [2.45, 2.75) is 76.4 Å². The molecule has 2 saturated carbocycles. The van der Waals surface area contributed by atoms with Gasteiger partial charge >= 0.3 is 5.97 Å². The molecule has 0 aromatic rings. The highest BCUT2D eigenvalue weighted by Crippen LogP contribution is 2.29. The van der Waals surface area contributed by atoms with Crippen molar-refractivity contribution in [1.82, 2.24) is 10.2 Å². The van der Waals surface area contributed by atoms with Crippen LogP contribution in [0.25, 0.3) is 0 Å². The lowest BCUT2D eigenvalue weighted by Gasteiger charge is -2.35. The molecule has 0 saturated heterocycles. The van der Waals surface area contributed by atoms with Crippen LogP contribution < -0.4 is 5.32 Å². The first-order valence-corrected chi connectivity index (χ1v) is 8.29. The minimum Gasteiger partial charge on any atom is -0.480 e. The minimum atomic E-state index is -0.694. The molecule has 116 valence electrons. The standard InChI is InChI=1S/C16H30N2O2/c1-3-12-4-8-14(9-5-12)18(2)11-10-15(16(19)20)17-13-6-7-13/h12-15,17H,3-11H2,1-2H3,(H,19,20). The quantitative estimate of drug-likeness (QED) is 0.718. The fourth-order valence-corrected chi connectivity index (χ4v) is 3.32. The Morgan fingerprint density at radius 1 is 1.25 bits per heavy atom. The highest BCUT2D eigenvalue weighted by atomic mass is 16.4. The summed E-state index contributed by atoms with van der Waals surface area (Å²) >= 11 is 0. The van der Waals surface area contributed by atoms with E-state index in [2.05, 4.69) is 24.2 Å². The zero-order valence-corrected chi connectivity index (χ0v) is 13.0. The molecule has 1 unspecified atom stereocenters. The second kappa shape index (κ2) is 7.41. The molecule has 0 aromatic heterocycles. The highest BCUT2D eigenvalue weighted by molar-refractivity contribution is 5.73. The van der Waals surface area contributed by atoms with Crippen LogP contribution in [0.1, 0.15) is 58.3 Å². The third-order valence-electron chi connectivity index (χ3n) is 5.10. The van der Waals surface area contributed by atoms with Gasteiger partial charge in [0.15, 0.2) is 0 Å². The normalized spacial score (nSPS) is 28.6. The van der Waals surface area contributed by atoms with Crippen LogP contribution in [-0.2, 0) is 4.79 Å². The van der Waals surface area contributed by atoms with Gasteiger partial charge < -0.3 is 15.3 Å². The number of hydrogen-bond acceptors (Lipinski definition) is 3. The zero-order chi connectivity index (χ0) is 14.5. The molecule has 0 aliphatic heterocycles. The van der Waals surface area contributed by atoms with Crippen molar-refractivity contribution >= 4 is 5.97 Å². The van der Waals surface area contributed by atoms with Gasteiger partial charge in [-0.3, -0.25) is 4.79 Å². The molecule has 0 aromatic carbocycles. The lowest BCUT2D eigenvalue weighted by molar-refractivity contribution is -0.139. The van der Waals surface area contributed by atoms with E-state index in [4.69, 9.17) is 0 Å². The number of rotatable bonds is 8. The highest BCUT2D eigenvalue weighted by Gasteiger charge is 2.29. The Labute approximate surface area is 122 Å². The average molecular weight is 282 g/mol. The Bertz CT molecular complexity index is 310. The van der Waals surface area contributed by atoms with Gasteiger partial charge in [0.05, 0.1) is 0 Å².